The number of nitrogens with zero attached hydrogens (tertiary/aromatic N) is 3. The zero-order chi connectivity index (χ0) is 31.3. The molecule has 2 aromatic carbocycles. The number of ether oxygens (including phenoxy) is 1. The summed E-state index contributed by atoms with van der Waals surface area (Å²) in [5.74, 6) is -0.885. The van der Waals surface area contributed by atoms with Crippen molar-refractivity contribution in [2.75, 3.05) is 37.0 Å². The highest BCUT2D eigenvalue weighted by Crippen LogP contribution is 2.34. The van der Waals surface area contributed by atoms with Crippen LogP contribution >= 0.6 is 0 Å². The Morgan fingerprint density at radius 3 is 2.26 bits per heavy atom. The predicted molar refractivity (Wildman–Crippen MR) is 163 cm³/mol. The minimum absolute atomic E-state index is 0.0789. The van der Waals surface area contributed by atoms with Gasteiger partial charge in [-0.3, -0.25) is 9.59 Å². The SMILES string of the molecule is COc1cc(C(=O)NC[C@@](NS(=O)(=O)c2ccccc2)(C(=O)O)C(C)(C)C)ccc1N1CCC(Nc2ncccn2)CC1. The van der Waals surface area contributed by atoms with Gasteiger partial charge in [0.2, 0.25) is 16.0 Å². The summed E-state index contributed by atoms with van der Waals surface area (Å²) in [6.07, 6.45) is 5.10. The van der Waals surface area contributed by atoms with E-state index in [1.165, 1.54) is 19.2 Å². The molecule has 1 aliphatic rings. The molecule has 4 rings (SSSR count). The van der Waals surface area contributed by atoms with Crippen LogP contribution in [0.5, 0.6) is 5.75 Å². The highest BCUT2D eigenvalue weighted by atomic mass is 32.2. The van der Waals surface area contributed by atoms with Crippen molar-refractivity contribution in [3.8, 4) is 5.75 Å². The van der Waals surface area contributed by atoms with Crippen LogP contribution in [0.1, 0.15) is 44.0 Å². The number of carbonyl (C=O) groups excluding carboxylic acids is 1. The smallest absolute Gasteiger partial charge is 0.327 e. The van der Waals surface area contributed by atoms with E-state index in [1.54, 1.807) is 75.6 Å². The second-order valence-electron chi connectivity index (χ2n) is 11.4. The molecule has 3 aromatic rings. The number of aromatic nitrogens is 2. The largest absolute Gasteiger partial charge is 0.495 e. The van der Waals surface area contributed by atoms with Gasteiger partial charge < -0.3 is 25.4 Å². The lowest BCUT2D eigenvalue weighted by Gasteiger charge is -2.41. The first-order valence-electron chi connectivity index (χ1n) is 13.9. The number of hydrogen-bond acceptors (Lipinski definition) is 9. The quantitative estimate of drug-likeness (QED) is 0.254. The summed E-state index contributed by atoms with van der Waals surface area (Å²) in [6.45, 7) is 5.81. The van der Waals surface area contributed by atoms with Crippen LogP contribution in [-0.2, 0) is 14.8 Å². The molecule has 1 atom stereocenters. The number of methoxy groups -OCH3 is 1. The average molecular weight is 611 g/mol. The van der Waals surface area contributed by atoms with Crippen molar-refractivity contribution in [1.82, 2.24) is 20.0 Å². The van der Waals surface area contributed by atoms with Gasteiger partial charge in [0.05, 0.1) is 17.7 Å². The fourth-order valence-electron chi connectivity index (χ4n) is 5.00. The van der Waals surface area contributed by atoms with Crippen molar-refractivity contribution in [1.29, 1.82) is 0 Å². The van der Waals surface area contributed by atoms with Crippen molar-refractivity contribution < 1.29 is 27.9 Å². The van der Waals surface area contributed by atoms with E-state index in [9.17, 15) is 23.1 Å². The standard InChI is InChI=1S/C30H38N6O6S/c1-29(2,3)30(27(38)39,35-43(40,41)23-9-6-5-7-10-23)20-33-26(37)21-11-12-24(25(19-21)42-4)36-17-13-22(14-18-36)34-28-31-15-8-16-32-28/h5-12,15-16,19,22,35H,13-14,17-18,20H2,1-4H3,(H,33,37)(H,38,39)(H,31,32,34)/t30-/m1/s1. The normalized spacial score (nSPS) is 15.8. The molecule has 43 heavy (non-hydrogen) atoms. The van der Waals surface area contributed by atoms with Crippen molar-refractivity contribution in [2.45, 2.75) is 50.1 Å². The summed E-state index contributed by atoms with van der Waals surface area (Å²) in [7, 11) is -2.71. The van der Waals surface area contributed by atoms with Gasteiger partial charge in [0, 0.05) is 43.6 Å². The van der Waals surface area contributed by atoms with E-state index in [2.05, 4.69) is 30.2 Å². The van der Waals surface area contributed by atoms with E-state index < -0.39 is 39.4 Å². The monoisotopic (exact) mass is 610 g/mol. The number of rotatable bonds is 11. The van der Waals surface area contributed by atoms with E-state index in [-0.39, 0.29) is 16.5 Å². The molecule has 0 spiro atoms. The number of carbonyl (C=O) groups is 2. The van der Waals surface area contributed by atoms with Crippen molar-refractivity contribution in [3.05, 3.63) is 72.6 Å². The topological polar surface area (TPSA) is 163 Å². The van der Waals surface area contributed by atoms with E-state index in [0.717, 1.165) is 31.6 Å². The van der Waals surface area contributed by atoms with Crippen LogP contribution < -0.4 is 25.0 Å². The molecule has 1 fully saturated rings. The molecule has 0 saturated carbocycles. The molecule has 1 aromatic heterocycles. The lowest BCUT2D eigenvalue weighted by Crippen LogP contribution is -2.67. The van der Waals surface area contributed by atoms with Gasteiger partial charge in [-0.15, -0.1) is 0 Å². The van der Waals surface area contributed by atoms with Gasteiger partial charge in [-0.2, -0.15) is 4.72 Å². The Labute approximate surface area is 251 Å². The number of piperidine rings is 1. The Bertz CT molecular complexity index is 1520. The molecule has 2 heterocycles. The summed E-state index contributed by atoms with van der Waals surface area (Å²) in [5.41, 5.74) is -2.09. The van der Waals surface area contributed by atoms with E-state index >= 15 is 0 Å². The predicted octanol–water partition coefficient (Wildman–Crippen LogP) is 3.14. The molecule has 4 N–H and O–H groups in total. The van der Waals surface area contributed by atoms with Gasteiger partial charge in [0.1, 0.15) is 5.75 Å². The number of amides is 1. The van der Waals surface area contributed by atoms with Gasteiger partial charge >= 0.3 is 5.97 Å². The second-order valence-corrected chi connectivity index (χ2v) is 13.1. The molecule has 1 aliphatic heterocycles. The highest BCUT2D eigenvalue weighted by molar-refractivity contribution is 7.89. The number of nitrogens with one attached hydrogen (secondary N) is 3. The number of sulfonamides is 1. The zero-order valence-corrected chi connectivity index (χ0v) is 25.5. The van der Waals surface area contributed by atoms with Crippen LogP contribution in [0.3, 0.4) is 0 Å². The van der Waals surface area contributed by atoms with Crippen LogP contribution in [0.15, 0.2) is 71.9 Å². The summed E-state index contributed by atoms with van der Waals surface area (Å²) >= 11 is 0. The first-order chi connectivity index (χ1) is 20.4. The minimum Gasteiger partial charge on any atom is -0.495 e. The van der Waals surface area contributed by atoms with E-state index in [1.807, 2.05) is 0 Å². The van der Waals surface area contributed by atoms with Gasteiger partial charge in [-0.1, -0.05) is 39.0 Å². The van der Waals surface area contributed by atoms with Crippen LogP contribution in [0, 0.1) is 5.41 Å². The third kappa shape index (κ3) is 7.23. The second kappa shape index (κ2) is 13.0. The minimum atomic E-state index is -4.23. The van der Waals surface area contributed by atoms with Crippen molar-refractivity contribution in [2.24, 2.45) is 5.41 Å². The highest BCUT2D eigenvalue weighted by Gasteiger charge is 2.52. The number of anilines is 2. The molecule has 13 heteroatoms. The van der Waals surface area contributed by atoms with E-state index in [0.29, 0.717) is 11.7 Å². The number of benzene rings is 2. The van der Waals surface area contributed by atoms with Crippen LogP contribution in [-0.4, -0.2) is 73.7 Å². The molecule has 0 aliphatic carbocycles. The summed E-state index contributed by atoms with van der Waals surface area (Å²) in [4.78, 5) is 36.5. The molecule has 0 bridgehead atoms. The molecule has 12 nitrogen and oxygen atoms in total. The first kappa shape index (κ1) is 31.7. The Hall–Kier alpha value is -4.23. The third-order valence-corrected chi connectivity index (χ3v) is 9.21. The number of carboxylic acid groups (broad SMARTS) is 1. The van der Waals surface area contributed by atoms with Crippen LogP contribution in [0.2, 0.25) is 0 Å². The summed E-state index contributed by atoms with van der Waals surface area (Å²) in [5, 5.41) is 16.3. The third-order valence-electron chi connectivity index (χ3n) is 7.70. The number of carboxylic acids is 1. The zero-order valence-electron chi connectivity index (χ0n) is 24.7. The molecule has 230 valence electrons. The van der Waals surface area contributed by atoms with Crippen molar-refractivity contribution >= 4 is 33.5 Å². The summed E-state index contributed by atoms with van der Waals surface area (Å²) in [6, 6.07) is 14.5. The van der Waals surface area contributed by atoms with Crippen LogP contribution in [0.25, 0.3) is 0 Å². The summed E-state index contributed by atoms with van der Waals surface area (Å²) < 4.78 is 34.4. The molecule has 1 saturated heterocycles. The average Bonchev–Trinajstić information content (AvgIpc) is 2.99. The van der Waals surface area contributed by atoms with E-state index in [4.69, 9.17) is 4.74 Å². The molecule has 0 unspecified atom stereocenters. The maximum absolute atomic E-state index is 13.3. The maximum atomic E-state index is 13.3. The fourth-order valence-corrected chi connectivity index (χ4v) is 6.56. The first-order valence-corrected chi connectivity index (χ1v) is 15.4. The van der Waals surface area contributed by atoms with Gasteiger partial charge in [-0.05, 0) is 54.7 Å². The Morgan fingerprint density at radius 1 is 1.02 bits per heavy atom. The van der Waals surface area contributed by atoms with Crippen molar-refractivity contribution in [3.63, 3.8) is 0 Å². The molecular weight excluding hydrogens is 572 g/mol. The Balaban J connectivity index is 1.47. The fraction of sp³-hybridized carbons (Fsp3) is 0.400. The lowest BCUT2D eigenvalue weighted by molar-refractivity contribution is -0.148. The molecule has 1 amide bonds. The number of hydrogen-bond donors (Lipinski definition) is 4. The van der Waals surface area contributed by atoms with Crippen LogP contribution in [0.4, 0.5) is 11.6 Å². The van der Waals surface area contributed by atoms with Gasteiger partial charge in [0.25, 0.3) is 5.91 Å². The van der Waals surface area contributed by atoms with Gasteiger partial charge in [0.15, 0.2) is 5.54 Å². The number of aliphatic carboxylic acids is 1. The maximum Gasteiger partial charge on any atom is 0.327 e. The van der Waals surface area contributed by atoms with Gasteiger partial charge in [-0.25, -0.2) is 18.4 Å². The Kier molecular flexibility index (Phi) is 9.55. The molecule has 0 radical (unpaired) electrons. The lowest BCUT2D eigenvalue weighted by atomic mass is 9.74. The molecular formula is C30H38N6O6S. The Morgan fingerprint density at radius 2 is 1.67 bits per heavy atom.